The van der Waals surface area contributed by atoms with Gasteiger partial charge in [-0.05, 0) is 36.4 Å². The molecule has 32 heavy (non-hydrogen) atoms. The van der Waals surface area contributed by atoms with Crippen LogP contribution in [-0.2, 0) is 9.59 Å². The van der Waals surface area contributed by atoms with Crippen LogP contribution < -0.4 is 16.2 Å². The van der Waals surface area contributed by atoms with Gasteiger partial charge >= 0.3 is 0 Å². The van der Waals surface area contributed by atoms with Crippen molar-refractivity contribution in [3.63, 3.8) is 0 Å². The van der Waals surface area contributed by atoms with Gasteiger partial charge in [-0.1, -0.05) is 35.5 Å². The fourth-order valence-corrected chi connectivity index (χ4v) is 3.81. The molecule has 3 N–H and O–H groups in total. The number of hydrogen-bond donors (Lipinski definition) is 3. The molecule has 0 saturated heterocycles. The number of anilines is 2. The number of fused-ring (bicyclic) bond motifs is 1. The van der Waals surface area contributed by atoms with Crippen LogP contribution in [-0.4, -0.2) is 37.3 Å². The van der Waals surface area contributed by atoms with Crippen molar-refractivity contribution in [2.24, 2.45) is 0 Å². The lowest BCUT2D eigenvalue weighted by atomic mass is 10.2. The SMILES string of the molecule is CC(=O)Nc1cccc(NC(=O)CSc2nc3c(cnn3-c3cccc(Cl)c3)c(=O)[nH]2)c1. The number of H-pyrrole nitrogens is 1. The zero-order valence-corrected chi connectivity index (χ0v) is 18.3. The Balaban J connectivity index is 1.50. The lowest BCUT2D eigenvalue weighted by Crippen LogP contribution is -2.16. The number of benzene rings is 2. The second kappa shape index (κ2) is 9.25. The smallest absolute Gasteiger partial charge is 0.262 e. The lowest BCUT2D eigenvalue weighted by Gasteiger charge is -2.08. The van der Waals surface area contributed by atoms with Crippen LogP contribution in [0.3, 0.4) is 0 Å². The van der Waals surface area contributed by atoms with E-state index >= 15 is 0 Å². The van der Waals surface area contributed by atoms with Gasteiger partial charge in [0.2, 0.25) is 11.8 Å². The highest BCUT2D eigenvalue weighted by atomic mass is 35.5. The van der Waals surface area contributed by atoms with Gasteiger partial charge in [-0.15, -0.1) is 0 Å². The van der Waals surface area contributed by atoms with E-state index in [0.717, 1.165) is 11.8 Å². The maximum atomic E-state index is 12.4. The van der Waals surface area contributed by atoms with E-state index < -0.39 is 0 Å². The molecule has 11 heteroatoms. The van der Waals surface area contributed by atoms with E-state index in [1.807, 2.05) is 0 Å². The zero-order chi connectivity index (χ0) is 22.7. The second-order valence-corrected chi connectivity index (χ2v) is 8.14. The summed E-state index contributed by atoms with van der Waals surface area (Å²) in [4.78, 5) is 43.1. The highest BCUT2D eigenvalue weighted by Crippen LogP contribution is 2.21. The average Bonchev–Trinajstić information content (AvgIpc) is 3.17. The molecule has 0 radical (unpaired) electrons. The molecule has 0 aliphatic carbocycles. The molecule has 0 bridgehead atoms. The molecule has 162 valence electrons. The summed E-state index contributed by atoms with van der Waals surface area (Å²) in [5.41, 5.74) is 1.79. The van der Waals surface area contributed by atoms with Crippen LogP contribution in [0, 0.1) is 0 Å². The summed E-state index contributed by atoms with van der Waals surface area (Å²) in [5.74, 6) is -0.475. The molecule has 4 aromatic rings. The quantitative estimate of drug-likeness (QED) is 0.294. The summed E-state index contributed by atoms with van der Waals surface area (Å²) in [7, 11) is 0. The molecule has 0 spiro atoms. The summed E-state index contributed by atoms with van der Waals surface area (Å²) in [6, 6.07) is 13.8. The lowest BCUT2D eigenvalue weighted by molar-refractivity contribution is -0.114. The molecule has 2 aromatic heterocycles. The van der Waals surface area contributed by atoms with Crippen LogP contribution in [0.4, 0.5) is 11.4 Å². The highest BCUT2D eigenvalue weighted by molar-refractivity contribution is 7.99. The maximum absolute atomic E-state index is 12.4. The van der Waals surface area contributed by atoms with E-state index in [-0.39, 0.29) is 28.3 Å². The molecule has 0 saturated carbocycles. The number of amides is 2. The van der Waals surface area contributed by atoms with Crippen molar-refractivity contribution in [1.82, 2.24) is 19.7 Å². The first-order chi connectivity index (χ1) is 15.4. The van der Waals surface area contributed by atoms with Gasteiger partial charge in [-0.25, -0.2) is 9.67 Å². The molecular weight excluding hydrogens is 452 g/mol. The van der Waals surface area contributed by atoms with Crippen molar-refractivity contribution >= 4 is 57.6 Å². The first kappa shape index (κ1) is 21.6. The average molecular weight is 469 g/mol. The third-order valence-corrected chi connectivity index (χ3v) is 5.38. The Hall–Kier alpha value is -3.63. The minimum absolute atomic E-state index is 0.0180. The van der Waals surface area contributed by atoms with Crippen LogP contribution in [0.1, 0.15) is 6.92 Å². The fourth-order valence-electron chi connectivity index (χ4n) is 2.97. The fraction of sp³-hybridized carbons (Fsp3) is 0.0952. The molecule has 4 rings (SSSR count). The normalized spacial score (nSPS) is 10.8. The van der Waals surface area contributed by atoms with E-state index in [9.17, 15) is 14.4 Å². The monoisotopic (exact) mass is 468 g/mol. The van der Waals surface area contributed by atoms with E-state index in [1.54, 1.807) is 48.5 Å². The third-order valence-electron chi connectivity index (χ3n) is 4.28. The van der Waals surface area contributed by atoms with Crippen LogP contribution in [0.2, 0.25) is 5.02 Å². The molecule has 0 atom stereocenters. The Morgan fingerprint density at radius 1 is 1.12 bits per heavy atom. The number of thioether (sulfide) groups is 1. The van der Waals surface area contributed by atoms with Crippen molar-refractivity contribution in [3.8, 4) is 5.69 Å². The first-order valence-electron chi connectivity index (χ1n) is 9.43. The summed E-state index contributed by atoms with van der Waals surface area (Å²) in [6.07, 6.45) is 1.44. The first-order valence-corrected chi connectivity index (χ1v) is 10.8. The Morgan fingerprint density at radius 2 is 1.88 bits per heavy atom. The molecule has 2 heterocycles. The molecular formula is C21H17ClN6O3S. The number of rotatable bonds is 6. The van der Waals surface area contributed by atoms with Gasteiger partial charge in [-0.2, -0.15) is 5.10 Å². The molecule has 0 aliphatic rings. The number of carbonyl (C=O) groups excluding carboxylic acids is 2. The summed E-state index contributed by atoms with van der Waals surface area (Å²) in [6.45, 7) is 1.41. The van der Waals surface area contributed by atoms with Gasteiger partial charge in [0.25, 0.3) is 5.56 Å². The third kappa shape index (κ3) is 4.98. The van der Waals surface area contributed by atoms with Crippen LogP contribution in [0.25, 0.3) is 16.7 Å². The van der Waals surface area contributed by atoms with E-state index in [1.165, 1.54) is 17.8 Å². The second-order valence-electron chi connectivity index (χ2n) is 6.74. The van der Waals surface area contributed by atoms with Crippen molar-refractivity contribution in [2.75, 3.05) is 16.4 Å². The van der Waals surface area contributed by atoms with Crippen molar-refractivity contribution in [1.29, 1.82) is 0 Å². The molecule has 0 unspecified atom stereocenters. The topological polar surface area (TPSA) is 122 Å². The summed E-state index contributed by atoms with van der Waals surface area (Å²) >= 11 is 7.15. The van der Waals surface area contributed by atoms with Crippen molar-refractivity contribution in [2.45, 2.75) is 12.1 Å². The predicted molar refractivity (Wildman–Crippen MR) is 125 cm³/mol. The number of nitrogens with one attached hydrogen (secondary N) is 3. The Morgan fingerprint density at radius 3 is 2.62 bits per heavy atom. The Bertz CT molecular complexity index is 1380. The molecule has 0 aliphatic heterocycles. The number of halogens is 1. The number of nitrogens with zero attached hydrogens (tertiary/aromatic N) is 3. The predicted octanol–water partition coefficient (Wildman–Crippen LogP) is 3.45. The largest absolute Gasteiger partial charge is 0.326 e. The van der Waals surface area contributed by atoms with E-state index in [0.29, 0.717) is 33.1 Å². The van der Waals surface area contributed by atoms with Gasteiger partial charge in [0.15, 0.2) is 10.8 Å². The van der Waals surface area contributed by atoms with Gasteiger partial charge in [0.1, 0.15) is 5.39 Å². The zero-order valence-electron chi connectivity index (χ0n) is 16.8. The summed E-state index contributed by atoms with van der Waals surface area (Å²) in [5, 5.41) is 10.8. The van der Waals surface area contributed by atoms with E-state index in [4.69, 9.17) is 11.6 Å². The van der Waals surface area contributed by atoms with E-state index in [2.05, 4.69) is 25.7 Å². The standard InChI is InChI=1S/C21H17ClN6O3S/c1-12(29)24-14-5-3-6-15(9-14)25-18(30)11-32-21-26-19-17(20(31)27-21)10-23-28(19)16-7-2-4-13(22)8-16/h2-10H,11H2,1H3,(H,24,29)(H,25,30)(H,26,27,31). The Kier molecular flexibility index (Phi) is 6.24. The van der Waals surface area contributed by atoms with Gasteiger partial charge < -0.3 is 15.6 Å². The van der Waals surface area contributed by atoms with Crippen LogP contribution in [0.5, 0.6) is 0 Å². The minimum atomic E-state index is -0.353. The molecule has 2 amide bonds. The summed E-state index contributed by atoms with van der Waals surface area (Å²) < 4.78 is 1.52. The number of aromatic amines is 1. The van der Waals surface area contributed by atoms with Gasteiger partial charge in [0.05, 0.1) is 17.6 Å². The number of carbonyl (C=O) groups is 2. The van der Waals surface area contributed by atoms with Gasteiger partial charge in [0, 0.05) is 23.3 Å². The maximum Gasteiger partial charge on any atom is 0.262 e. The number of hydrogen-bond acceptors (Lipinski definition) is 6. The Labute approximate surface area is 191 Å². The highest BCUT2D eigenvalue weighted by Gasteiger charge is 2.13. The van der Waals surface area contributed by atoms with Crippen molar-refractivity contribution in [3.05, 3.63) is 70.1 Å². The van der Waals surface area contributed by atoms with Crippen LogP contribution in [0.15, 0.2) is 64.7 Å². The van der Waals surface area contributed by atoms with Gasteiger partial charge in [-0.3, -0.25) is 14.4 Å². The molecule has 9 nitrogen and oxygen atoms in total. The number of aromatic nitrogens is 4. The molecule has 0 fully saturated rings. The molecule has 2 aromatic carbocycles. The van der Waals surface area contributed by atoms with Crippen molar-refractivity contribution < 1.29 is 9.59 Å². The van der Waals surface area contributed by atoms with Crippen LogP contribution >= 0.6 is 23.4 Å². The minimum Gasteiger partial charge on any atom is -0.326 e.